The second-order valence-corrected chi connectivity index (χ2v) is 9.24. The molecule has 2 aliphatic heterocycles. The summed E-state index contributed by atoms with van der Waals surface area (Å²) in [4.78, 5) is 29.1. The van der Waals surface area contributed by atoms with Gasteiger partial charge in [0.05, 0.1) is 16.5 Å². The molecular formula is C18H19ClN4O5S. The second kappa shape index (κ2) is 7.77. The maximum Gasteiger partial charge on any atom is 0.410 e. The number of cyclic esters (lactones) is 1. The molecule has 9 nitrogen and oxygen atoms in total. The number of sulfonamides is 1. The van der Waals surface area contributed by atoms with Gasteiger partial charge in [-0.25, -0.2) is 13.2 Å². The van der Waals surface area contributed by atoms with Gasteiger partial charge in [-0.05, 0) is 12.5 Å². The summed E-state index contributed by atoms with van der Waals surface area (Å²) in [5.74, 6) is -0.340. The summed E-state index contributed by atoms with van der Waals surface area (Å²) in [7, 11) is -3.80. The van der Waals surface area contributed by atoms with E-state index < -0.39 is 16.1 Å². The van der Waals surface area contributed by atoms with Crippen molar-refractivity contribution in [3.63, 3.8) is 0 Å². The first-order valence-electron chi connectivity index (χ1n) is 9.10. The summed E-state index contributed by atoms with van der Waals surface area (Å²) in [6, 6.07) is 4.60. The van der Waals surface area contributed by atoms with Gasteiger partial charge in [0.1, 0.15) is 13.2 Å². The van der Waals surface area contributed by atoms with Crippen molar-refractivity contribution in [2.45, 2.75) is 17.4 Å². The lowest BCUT2D eigenvalue weighted by Crippen LogP contribution is -2.44. The molecule has 2 amide bonds. The van der Waals surface area contributed by atoms with Crippen LogP contribution in [0.3, 0.4) is 0 Å². The first-order valence-corrected chi connectivity index (χ1v) is 10.9. The number of nitrogens with zero attached hydrogens (tertiary/aromatic N) is 3. The van der Waals surface area contributed by atoms with Crippen LogP contribution in [0.5, 0.6) is 0 Å². The normalized spacial score (nSPS) is 20.2. The standard InChI is InChI=1S/C18H19ClN4O5S/c19-14-9-20-8-12-2-1-3-15(17(12)14)29(26,27)23-5-4-13(10-23)21-16(24)11-22-6-7-28-18(22)25/h1-3,8-9,13H,4-7,10-11H2,(H,21,24). The van der Waals surface area contributed by atoms with E-state index in [1.165, 1.54) is 21.5 Å². The van der Waals surface area contributed by atoms with Crippen LogP contribution in [-0.2, 0) is 19.6 Å². The third-order valence-corrected chi connectivity index (χ3v) is 7.21. The van der Waals surface area contributed by atoms with Crippen molar-refractivity contribution in [2.75, 3.05) is 32.8 Å². The van der Waals surface area contributed by atoms with E-state index in [0.29, 0.717) is 23.7 Å². The molecule has 1 aromatic carbocycles. The van der Waals surface area contributed by atoms with E-state index >= 15 is 0 Å². The number of aromatic nitrogens is 1. The van der Waals surface area contributed by atoms with E-state index in [9.17, 15) is 18.0 Å². The van der Waals surface area contributed by atoms with E-state index in [1.54, 1.807) is 18.3 Å². The zero-order valence-corrected chi connectivity index (χ0v) is 16.9. The predicted molar refractivity (Wildman–Crippen MR) is 105 cm³/mol. The molecule has 1 unspecified atom stereocenters. The molecule has 0 spiro atoms. The first kappa shape index (κ1) is 19.9. The highest BCUT2D eigenvalue weighted by Crippen LogP contribution is 2.32. The van der Waals surface area contributed by atoms with Crippen molar-refractivity contribution in [3.05, 3.63) is 35.6 Å². The molecule has 0 aliphatic carbocycles. The summed E-state index contributed by atoms with van der Waals surface area (Å²) < 4.78 is 32.6. The molecule has 4 rings (SSSR count). The van der Waals surface area contributed by atoms with E-state index in [-0.39, 0.29) is 48.1 Å². The van der Waals surface area contributed by atoms with Crippen molar-refractivity contribution in [2.24, 2.45) is 0 Å². The quantitative estimate of drug-likeness (QED) is 0.751. The molecule has 3 heterocycles. The lowest BCUT2D eigenvalue weighted by Gasteiger charge is -2.19. The van der Waals surface area contributed by atoms with Crippen LogP contribution in [0.4, 0.5) is 4.79 Å². The third kappa shape index (κ3) is 3.87. The van der Waals surface area contributed by atoms with Crippen LogP contribution in [0.25, 0.3) is 10.8 Å². The van der Waals surface area contributed by atoms with Crippen LogP contribution in [0.15, 0.2) is 35.5 Å². The highest BCUT2D eigenvalue weighted by atomic mass is 35.5. The fourth-order valence-electron chi connectivity index (χ4n) is 3.59. The molecule has 2 aliphatic rings. The Morgan fingerprint density at radius 3 is 2.90 bits per heavy atom. The van der Waals surface area contributed by atoms with Gasteiger partial charge in [0.25, 0.3) is 0 Å². The Morgan fingerprint density at radius 1 is 1.31 bits per heavy atom. The van der Waals surface area contributed by atoms with Crippen LogP contribution >= 0.6 is 11.6 Å². The second-order valence-electron chi connectivity index (χ2n) is 6.93. The van der Waals surface area contributed by atoms with Crippen molar-refractivity contribution >= 4 is 44.4 Å². The van der Waals surface area contributed by atoms with E-state index in [4.69, 9.17) is 16.3 Å². The van der Waals surface area contributed by atoms with Gasteiger partial charge >= 0.3 is 6.09 Å². The number of carbonyl (C=O) groups is 2. The summed E-state index contributed by atoms with van der Waals surface area (Å²) in [6.45, 7) is 0.961. The van der Waals surface area contributed by atoms with Crippen molar-refractivity contribution in [1.29, 1.82) is 0 Å². The van der Waals surface area contributed by atoms with Crippen molar-refractivity contribution in [3.8, 4) is 0 Å². The van der Waals surface area contributed by atoms with Crippen LogP contribution < -0.4 is 5.32 Å². The zero-order valence-electron chi connectivity index (χ0n) is 15.4. The maximum atomic E-state index is 13.2. The largest absolute Gasteiger partial charge is 0.448 e. The topological polar surface area (TPSA) is 109 Å². The molecule has 0 bridgehead atoms. The van der Waals surface area contributed by atoms with Gasteiger partial charge in [-0.1, -0.05) is 23.7 Å². The highest BCUT2D eigenvalue weighted by Gasteiger charge is 2.35. The van der Waals surface area contributed by atoms with E-state index in [1.807, 2.05) is 0 Å². The molecule has 11 heteroatoms. The SMILES string of the molecule is O=C(CN1CCOC1=O)NC1CCN(S(=O)(=O)c2cccc3cncc(Cl)c23)C1. The van der Waals surface area contributed by atoms with Crippen molar-refractivity contribution < 1.29 is 22.7 Å². The fraction of sp³-hybridized carbons (Fsp3) is 0.389. The molecule has 1 aromatic heterocycles. The Kier molecular flexibility index (Phi) is 5.32. The number of benzene rings is 1. The molecule has 2 aromatic rings. The van der Waals surface area contributed by atoms with Gasteiger partial charge in [0.15, 0.2) is 0 Å². The number of nitrogens with one attached hydrogen (secondary N) is 1. The summed E-state index contributed by atoms with van der Waals surface area (Å²) in [5, 5.41) is 4.14. The van der Waals surface area contributed by atoms with Gasteiger partial charge < -0.3 is 10.1 Å². The van der Waals surface area contributed by atoms with Crippen LogP contribution in [0.2, 0.25) is 5.02 Å². The van der Waals surface area contributed by atoms with Crippen LogP contribution in [0.1, 0.15) is 6.42 Å². The Morgan fingerprint density at radius 2 is 2.14 bits per heavy atom. The number of amides is 2. The van der Waals surface area contributed by atoms with Crippen LogP contribution in [-0.4, -0.2) is 73.4 Å². The summed E-state index contributed by atoms with van der Waals surface area (Å²) >= 11 is 6.22. The minimum absolute atomic E-state index is 0.103. The maximum absolute atomic E-state index is 13.2. The average Bonchev–Trinajstić information content (AvgIpc) is 3.31. The number of halogens is 1. The fourth-order valence-corrected chi connectivity index (χ4v) is 5.65. The summed E-state index contributed by atoms with van der Waals surface area (Å²) in [5.41, 5.74) is 0. The molecule has 29 heavy (non-hydrogen) atoms. The lowest BCUT2D eigenvalue weighted by molar-refractivity contribution is -0.122. The number of fused-ring (bicyclic) bond motifs is 1. The minimum atomic E-state index is -3.80. The summed E-state index contributed by atoms with van der Waals surface area (Å²) in [6.07, 6.45) is 2.95. The van der Waals surface area contributed by atoms with E-state index in [0.717, 1.165) is 0 Å². The number of pyridine rings is 1. The Labute approximate surface area is 172 Å². The molecule has 2 fully saturated rings. The molecule has 154 valence electrons. The number of hydrogen-bond donors (Lipinski definition) is 1. The van der Waals surface area contributed by atoms with Gasteiger partial charge in [-0.3, -0.25) is 14.7 Å². The average molecular weight is 439 g/mol. The third-order valence-electron chi connectivity index (χ3n) is 5.01. The van der Waals surface area contributed by atoms with Crippen LogP contribution in [0, 0.1) is 0 Å². The molecule has 0 saturated carbocycles. The van der Waals surface area contributed by atoms with Crippen molar-refractivity contribution in [1.82, 2.24) is 19.5 Å². The molecular weight excluding hydrogens is 420 g/mol. The van der Waals surface area contributed by atoms with Gasteiger partial charge in [0, 0.05) is 42.3 Å². The molecule has 1 atom stereocenters. The van der Waals surface area contributed by atoms with Gasteiger partial charge in [-0.2, -0.15) is 4.31 Å². The Balaban J connectivity index is 1.47. The highest BCUT2D eigenvalue weighted by molar-refractivity contribution is 7.89. The number of rotatable bonds is 5. The van der Waals surface area contributed by atoms with Gasteiger partial charge in [-0.15, -0.1) is 0 Å². The zero-order chi connectivity index (χ0) is 20.6. The monoisotopic (exact) mass is 438 g/mol. The predicted octanol–water partition coefficient (Wildman–Crippen LogP) is 1.22. The Hall–Kier alpha value is -2.43. The van der Waals surface area contributed by atoms with E-state index in [2.05, 4.69) is 10.3 Å². The molecule has 1 N–H and O–H groups in total. The number of hydrogen-bond acceptors (Lipinski definition) is 6. The molecule has 0 radical (unpaired) electrons. The Bertz CT molecular complexity index is 1070. The van der Waals surface area contributed by atoms with Gasteiger partial charge in [0.2, 0.25) is 15.9 Å². The lowest BCUT2D eigenvalue weighted by atomic mass is 10.2. The number of carbonyl (C=O) groups excluding carboxylic acids is 2. The minimum Gasteiger partial charge on any atom is -0.448 e. The first-order chi connectivity index (χ1) is 13.9. The molecule has 2 saturated heterocycles. The number of ether oxygens (including phenoxy) is 1. The smallest absolute Gasteiger partial charge is 0.410 e.